The molecule has 1 aliphatic heterocycles. The number of aryl methyl sites for hydroxylation is 1. The van der Waals surface area contributed by atoms with Gasteiger partial charge in [0.15, 0.2) is 0 Å². The number of rotatable bonds is 4. The number of amides is 1. The predicted molar refractivity (Wildman–Crippen MR) is 104 cm³/mol. The van der Waals surface area contributed by atoms with Crippen LogP contribution in [0.4, 0.5) is 5.69 Å². The number of anilines is 1. The Labute approximate surface area is 158 Å². The van der Waals surface area contributed by atoms with E-state index in [1.165, 1.54) is 11.4 Å². The molecule has 1 N–H and O–H groups in total. The SMILES string of the molecule is Cc1cc([C@@H]2Nc3ccccc3C(=O)N2C2CC2)c(C)n1Cc1ccco1. The van der Waals surface area contributed by atoms with Gasteiger partial charge >= 0.3 is 0 Å². The number of nitrogens with one attached hydrogen (secondary N) is 1. The smallest absolute Gasteiger partial charge is 0.258 e. The van der Waals surface area contributed by atoms with E-state index < -0.39 is 0 Å². The van der Waals surface area contributed by atoms with E-state index in [1.807, 2.05) is 41.3 Å². The van der Waals surface area contributed by atoms with Crippen LogP contribution < -0.4 is 5.32 Å². The average Bonchev–Trinajstić information content (AvgIpc) is 3.30. The number of benzene rings is 1. The largest absolute Gasteiger partial charge is 0.467 e. The number of furan rings is 1. The molecule has 138 valence electrons. The Morgan fingerprint density at radius 2 is 1.96 bits per heavy atom. The highest BCUT2D eigenvalue weighted by molar-refractivity contribution is 6.02. The van der Waals surface area contributed by atoms with Crippen molar-refractivity contribution in [2.24, 2.45) is 0 Å². The second-order valence-electron chi connectivity index (χ2n) is 7.53. The molecule has 1 aliphatic carbocycles. The summed E-state index contributed by atoms with van der Waals surface area (Å²) in [6, 6.07) is 14.2. The lowest BCUT2D eigenvalue weighted by Gasteiger charge is -2.38. The second-order valence-corrected chi connectivity index (χ2v) is 7.53. The highest BCUT2D eigenvalue weighted by atomic mass is 16.3. The van der Waals surface area contributed by atoms with Crippen LogP contribution >= 0.6 is 0 Å². The van der Waals surface area contributed by atoms with E-state index >= 15 is 0 Å². The molecule has 5 nitrogen and oxygen atoms in total. The highest BCUT2D eigenvalue weighted by Gasteiger charge is 2.42. The fraction of sp³-hybridized carbons (Fsp3) is 0.318. The molecular formula is C22H23N3O2. The molecule has 0 radical (unpaired) electrons. The van der Waals surface area contributed by atoms with Crippen molar-refractivity contribution >= 4 is 11.6 Å². The van der Waals surface area contributed by atoms with Gasteiger partial charge in [-0.3, -0.25) is 4.79 Å². The number of hydrogen-bond acceptors (Lipinski definition) is 3. The molecule has 3 heterocycles. The molecular weight excluding hydrogens is 338 g/mol. The summed E-state index contributed by atoms with van der Waals surface area (Å²) in [4.78, 5) is 15.2. The van der Waals surface area contributed by atoms with Crippen LogP contribution in [0.25, 0.3) is 0 Å². The molecule has 0 unspecified atom stereocenters. The number of para-hydroxylation sites is 1. The van der Waals surface area contributed by atoms with Gasteiger partial charge in [0.2, 0.25) is 0 Å². The standard InChI is InChI=1S/C22H23N3O2/c1-14-12-19(15(2)24(14)13-17-6-5-11-27-17)21-23-20-8-4-3-7-18(20)22(26)25(21)16-9-10-16/h3-8,11-12,16,21,23H,9-10,13H2,1-2H3/t21-/m1/s1. The summed E-state index contributed by atoms with van der Waals surface area (Å²) >= 11 is 0. The molecule has 1 amide bonds. The van der Waals surface area contributed by atoms with Crippen molar-refractivity contribution in [3.8, 4) is 0 Å². The van der Waals surface area contributed by atoms with Crippen molar-refractivity contribution in [2.75, 3.05) is 5.32 Å². The summed E-state index contributed by atoms with van der Waals surface area (Å²) in [5, 5.41) is 3.62. The Balaban J connectivity index is 1.56. The first kappa shape index (κ1) is 16.2. The minimum atomic E-state index is -0.128. The lowest BCUT2D eigenvalue weighted by Crippen LogP contribution is -2.44. The minimum absolute atomic E-state index is 0.128. The number of aromatic nitrogens is 1. The first-order valence-electron chi connectivity index (χ1n) is 9.50. The Bertz CT molecular complexity index is 999. The van der Waals surface area contributed by atoms with Crippen LogP contribution in [-0.4, -0.2) is 21.4 Å². The number of fused-ring (bicyclic) bond motifs is 1. The maximum atomic E-state index is 13.2. The van der Waals surface area contributed by atoms with Gasteiger partial charge in [-0.05, 0) is 57.0 Å². The molecule has 5 heteroatoms. The van der Waals surface area contributed by atoms with Crippen molar-refractivity contribution in [3.63, 3.8) is 0 Å². The van der Waals surface area contributed by atoms with Crippen LogP contribution in [0.2, 0.25) is 0 Å². The quantitative estimate of drug-likeness (QED) is 0.746. The summed E-state index contributed by atoms with van der Waals surface area (Å²) in [7, 11) is 0. The van der Waals surface area contributed by atoms with Gasteiger partial charge in [-0.2, -0.15) is 0 Å². The molecule has 0 bridgehead atoms. The van der Waals surface area contributed by atoms with Gasteiger partial charge in [-0.15, -0.1) is 0 Å². The van der Waals surface area contributed by atoms with Gasteiger partial charge in [0, 0.05) is 28.7 Å². The summed E-state index contributed by atoms with van der Waals surface area (Å²) in [5.74, 6) is 1.06. The maximum Gasteiger partial charge on any atom is 0.258 e. The van der Waals surface area contributed by atoms with E-state index in [0.29, 0.717) is 12.6 Å². The Kier molecular flexibility index (Phi) is 3.64. The number of carbonyl (C=O) groups is 1. The third kappa shape index (κ3) is 2.65. The van der Waals surface area contributed by atoms with E-state index in [4.69, 9.17) is 4.42 Å². The summed E-state index contributed by atoms with van der Waals surface area (Å²) in [5.41, 5.74) is 5.18. The molecule has 27 heavy (non-hydrogen) atoms. The molecule has 1 atom stereocenters. The van der Waals surface area contributed by atoms with Crippen LogP contribution in [0.15, 0.2) is 53.1 Å². The lowest BCUT2D eigenvalue weighted by atomic mass is 10.0. The van der Waals surface area contributed by atoms with E-state index in [2.05, 4.69) is 29.8 Å². The zero-order chi connectivity index (χ0) is 18.5. The van der Waals surface area contributed by atoms with Crippen LogP contribution in [0.5, 0.6) is 0 Å². The zero-order valence-corrected chi connectivity index (χ0v) is 15.6. The van der Waals surface area contributed by atoms with Crippen molar-refractivity contribution < 1.29 is 9.21 Å². The van der Waals surface area contributed by atoms with Crippen LogP contribution in [0.3, 0.4) is 0 Å². The van der Waals surface area contributed by atoms with Gasteiger partial charge in [-0.25, -0.2) is 0 Å². The van der Waals surface area contributed by atoms with Crippen molar-refractivity contribution in [3.05, 3.63) is 77.0 Å². The lowest BCUT2D eigenvalue weighted by molar-refractivity contribution is 0.0666. The van der Waals surface area contributed by atoms with Crippen LogP contribution in [-0.2, 0) is 6.54 Å². The molecule has 1 fully saturated rings. The van der Waals surface area contributed by atoms with Crippen LogP contribution in [0, 0.1) is 13.8 Å². The Hall–Kier alpha value is -2.95. The number of nitrogens with zero attached hydrogens (tertiary/aromatic N) is 2. The summed E-state index contributed by atoms with van der Waals surface area (Å²) in [6.45, 7) is 4.94. The maximum absolute atomic E-state index is 13.2. The van der Waals surface area contributed by atoms with E-state index in [-0.39, 0.29) is 12.1 Å². The molecule has 5 rings (SSSR count). The topological polar surface area (TPSA) is 50.4 Å². The molecule has 1 aromatic carbocycles. The zero-order valence-electron chi connectivity index (χ0n) is 15.6. The monoisotopic (exact) mass is 361 g/mol. The first-order chi connectivity index (χ1) is 13.1. The normalized spacial score (nSPS) is 19.1. The number of carbonyl (C=O) groups excluding carboxylic acids is 1. The van der Waals surface area contributed by atoms with Gasteiger partial charge in [0.1, 0.15) is 11.9 Å². The van der Waals surface area contributed by atoms with E-state index in [1.54, 1.807) is 6.26 Å². The summed E-state index contributed by atoms with van der Waals surface area (Å²) in [6.07, 6.45) is 3.74. The van der Waals surface area contributed by atoms with E-state index in [0.717, 1.165) is 35.4 Å². The Morgan fingerprint density at radius 1 is 1.15 bits per heavy atom. The fourth-order valence-corrected chi connectivity index (χ4v) is 4.13. The van der Waals surface area contributed by atoms with Crippen LogP contribution in [0.1, 0.15) is 52.1 Å². The van der Waals surface area contributed by atoms with Gasteiger partial charge in [0.05, 0.1) is 18.4 Å². The van der Waals surface area contributed by atoms with Gasteiger partial charge in [-0.1, -0.05) is 12.1 Å². The molecule has 1 saturated carbocycles. The van der Waals surface area contributed by atoms with Gasteiger partial charge in [0.25, 0.3) is 5.91 Å². The fourth-order valence-electron chi connectivity index (χ4n) is 4.13. The molecule has 2 aromatic heterocycles. The third-order valence-electron chi connectivity index (χ3n) is 5.70. The van der Waals surface area contributed by atoms with Crippen molar-refractivity contribution in [1.82, 2.24) is 9.47 Å². The predicted octanol–water partition coefficient (Wildman–Crippen LogP) is 4.48. The summed E-state index contributed by atoms with van der Waals surface area (Å²) < 4.78 is 7.79. The Morgan fingerprint density at radius 3 is 2.70 bits per heavy atom. The second kappa shape index (κ2) is 6.05. The van der Waals surface area contributed by atoms with Gasteiger partial charge < -0.3 is 19.2 Å². The molecule has 3 aromatic rings. The third-order valence-corrected chi connectivity index (χ3v) is 5.70. The molecule has 2 aliphatic rings. The van der Waals surface area contributed by atoms with E-state index in [9.17, 15) is 4.79 Å². The highest BCUT2D eigenvalue weighted by Crippen LogP contribution is 2.42. The van der Waals surface area contributed by atoms with Crippen molar-refractivity contribution in [1.29, 1.82) is 0 Å². The average molecular weight is 361 g/mol. The molecule has 0 spiro atoms. The minimum Gasteiger partial charge on any atom is -0.467 e. The molecule has 0 saturated heterocycles. The number of hydrogen-bond donors (Lipinski definition) is 1. The van der Waals surface area contributed by atoms with Crippen molar-refractivity contribution in [2.45, 2.75) is 45.4 Å². The first-order valence-corrected chi connectivity index (χ1v) is 9.50.